The van der Waals surface area contributed by atoms with E-state index in [-0.39, 0.29) is 5.56 Å². The predicted molar refractivity (Wildman–Crippen MR) is 76.7 cm³/mol. The summed E-state index contributed by atoms with van der Waals surface area (Å²) in [7, 11) is 1.58. The first-order chi connectivity index (χ1) is 8.63. The number of aryl methyl sites for hydroxylation is 1. The summed E-state index contributed by atoms with van der Waals surface area (Å²) in [5.41, 5.74) is 1.42. The van der Waals surface area contributed by atoms with E-state index in [0.29, 0.717) is 5.88 Å². The van der Waals surface area contributed by atoms with Gasteiger partial charge in [-0.25, -0.2) is 4.98 Å². The molecule has 0 aliphatic rings. The van der Waals surface area contributed by atoms with Crippen LogP contribution < -0.4 is 10.3 Å². The van der Waals surface area contributed by atoms with Crippen molar-refractivity contribution in [1.29, 1.82) is 0 Å². The van der Waals surface area contributed by atoms with Crippen molar-refractivity contribution in [1.82, 2.24) is 9.97 Å². The fourth-order valence-electron chi connectivity index (χ4n) is 2.05. The molecule has 0 spiro atoms. The Balaban J connectivity index is 2.66. The maximum absolute atomic E-state index is 12.0. The number of halogens is 1. The quantitative estimate of drug-likeness (QED) is 0.747. The summed E-state index contributed by atoms with van der Waals surface area (Å²) >= 11 is 4.93. The van der Waals surface area contributed by atoms with Gasteiger partial charge in [0.15, 0.2) is 0 Å². The smallest absolute Gasteiger partial charge is 0.266 e. The molecular formula is C12H9BrN2O2S. The van der Waals surface area contributed by atoms with Gasteiger partial charge in [0, 0.05) is 10.8 Å². The minimum Gasteiger partial charge on any atom is -0.480 e. The molecule has 3 heterocycles. The molecular weight excluding hydrogens is 316 g/mol. The summed E-state index contributed by atoms with van der Waals surface area (Å²) in [5, 5.41) is 3.78. The molecule has 0 saturated carbocycles. The lowest BCUT2D eigenvalue weighted by Gasteiger charge is -2.09. The molecule has 18 heavy (non-hydrogen) atoms. The minimum absolute atomic E-state index is 0.0746. The van der Waals surface area contributed by atoms with E-state index in [0.717, 1.165) is 31.2 Å². The average molecular weight is 325 g/mol. The summed E-state index contributed by atoms with van der Waals surface area (Å²) in [6.07, 6.45) is 0. The standard InChI is InChI=1S/C12H9BrN2O2S/c1-5-9-7(8(13)12(14-5)17-2)6-3-4-18-10(6)11(16)15-9/h3-4H,1-2H3,(H,15,16). The largest absolute Gasteiger partial charge is 0.480 e. The fraction of sp³-hybridized carbons (Fsp3) is 0.167. The van der Waals surface area contributed by atoms with Crippen molar-refractivity contribution in [3.05, 3.63) is 32.0 Å². The summed E-state index contributed by atoms with van der Waals surface area (Å²) < 4.78 is 6.73. The molecule has 0 unspecified atom stereocenters. The van der Waals surface area contributed by atoms with Crippen LogP contribution in [-0.2, 0) is 0 Å². The zero-order chi connectivity index (χ0) is 12.9. The van der Waals surface area contributed by atoms with Crippen LogP contribution in [0.25, 0.3) is 21.0 Å². The Morgan fingerprint density at radius 2 is 2.28 bits per heavy atom. The number of rotatable bonds is 1. The first kappa shape index (κ1) is 11.7. The molecule has 1 N–H and O–H groups in total. The molecule has 6 heteroatoms. The first-order valence-electron chi connectivity index (χ1n) is 5.26. The summed E-state index contributed by atoms with van der Waals surface area (Å²) in [6, 6.07) is 1.95. The number of pyridine rings is 2. The number of ether oxygens (including phenoxy) is 1. The number of thiophene rings is 1. The van der Waals surface area contributed by atoms with Crippen molar-refractivity contribution in [3.8, 4) is 5.88 Å². The Hall–Kier alpha value is -1.40. The SMILES string of the molecule is COc1nc(C)c2[nH]c(=O)c3sccc3c2c1Br. The highest BCUT2D eigenvalue weighted by Gasteiger charge is 2.15. The number of fused-ring (bicyclic) bond motifs is 3. The van der Waals surface area contributed by atoms with E-state index in [4.69, 9.17) is 4.74 Å². The summed E-state index contributed by atoms with van der Waals surface area (Å²) in [6.45, 7) is 1.85. The van der Waals surface area contributed by atoms with E-state index < -0.39 is 0 Å². The van der Waals surface area contributed by atoms with Crippen LogP contribution in [0.15, 0.2) is 20.7 Å². The second-order valence-electron chi connectivity index (χ2n) is 3.89. The number of H-pyrrole nitrogens is 1. The molecule has 0 aliphatic carbocycles. The van der Waals surface area contributed by atoms with Gasteiger partial charge in [0.2, 0.25) is 5.88 Å². The van der Waals surface area contributed by atoms with Gasteiger partial charge in [0.1, 0.15) is 4.70 Å². The zero-order valence-electron chi connectivity index (χ0n) is 9.70. The lowest BCUT2D eigenvalue weighted by Crippen LogP contribution is -2.06. The first-order valence-corrected chi connectivity index (χ1v) is 6.94. The van der Waals surface area contributed by atoms with Crippen LogP contribution in [0.4, 0.5) is 0 Å². The van der Waals surface area contributed by atoms with Gasteiger partial charge in [-0.2, -0.15) is 0 Å². The monoisotopic (exact) mass is 324 g/mol. The Morgan fingerprint density at radius 1 is 1.50 bits per heavy atom. The molecule has 0 radical (unpaired) electrons. The van der Waals surface area contributed by atoms with Gasteiger partial charge in [0.25, 0.3) is 5.56 Å². The van der Waals surface area contributed by atoms with E-state index >= 15 is 0 Å². The topological polar surface area (TPSA) is 55.0 Å². The Bertz CT molecular complexity index is 822. The third-order valence-corrected chi connectivity index (χ3v) is 4.51. The molecule has 92 valence electrons. The number of hydrogen-bond acceptors (Lipinski definition) is 4. The van der Waals surface area contributed by atoms with Gasteiger partial charge in [-0.1, -0.05) is 0 Å². The Morgan fingerprint density at radius 3 is 3.00 bits per heavy atom. The molecule has 0 bridgehead atoms. The molecule has 3 rings (SSSR count). The van der Waals surface area contributed by atoms with Crippen LogP contribution in [-0.4, -0.2) is 17.1 Å². The van der Waals surface area contributed by atoms with Crippen molar-refractivity contribution in [2.45, 2.75) is 6.92 Å². The number of methoxy groups -OCH3 is 1. The summed E-state index contributed by atoms with van der Waals surface area (Å²) in [4.78, 5) is 19.2. The number of nitrogens with zero attached hydrogens (tertiary/aromatic N) is 1. The predicted octanol–water partition coefficient (Wildman–Crippen LogP) is 3.22. The van der Waals surface area contributed by atoms with Gasteiger partial charge >= 0.3 is 0 Å². The van der Waals surface area contributed by atoms with E-state index in [1.165, 1.54) is 11.3 Å². The van der Waals surface area contributed by atoms with E-state index in [1.54, 1.807) is 7.11 Å². The highest BCUT2D eigenvalue weighted by Crippen LogP contribution is 2.36. The number of aromatic amines is 1. The van der Waals surface area contributed by atoms with Crippen molar-refractivity contribution >= 4 is 48.3 Å². The van der Waals surface area contributed by atoms with Crippen LogP contribution in [0, 0.1) is 6.92 Å². The number of hydrogen-bond donors (Lipinski definition) is 1. The lowest BCUT2D eigenvalue weighted by atomic mass is 10.1. The van der Waals surface area contributed by atoms with Crippen LogP contribution in [0.3, 0.4) is 0 Å². The van der Waals surface area contributed by atoms with Gasteiger partial charge in [-0.05, 0) is 34.3 Å². The van der Waals surface area contributed by atoms with Crippen LogP contribution >= 0.6 is 27.3 Å². The molecule has 0 atom stereocenters. The van der Waals surface area contributed by atoms with Crippen LogP contribution in [0.5, 0.6) is 5.88 Å². The Kier molecular flexibility index (Phi) is 2.64. The fourth-order valence-corrected chi connectivity index (χ4v) is 3.51. The summed E-state index contributed by atoms with van der Waals surface area (Å²) in [5.74, 6) is 0.527. The second-order valence-corrected chi connectivity index (χ2v) is 5.60. The van der Waals surface area contributed by atoms with Crippen molar-refractivity contribution in [3.63, 3.8) is 0 Å². The van der Waals surface area contributed by atoms with Gasteiger partial charge < -0.3 is 9.72 Å². The minimum atomic E-state index is -0.0746. The van der Waals surface area contributed by atoms with Crippen LogP contribution in [0.2, 0.25) is 0 Å². The van der Waals surface area contributed by atoms with E-state index in [1.807, 2.05) is 18.4 Å². The van der Waals surface area contributed by atoms with Gasteiger partial charge in [0.05, 0.1) is 22.8 Å². The lowest BCUT2D eigenvalue weighted by molar-refractivity contribution is 0.395. The van der Waals surface area contributed by atoms with Crippen molar-refractivity contribution in [2.75, 3.05) is 7.11 Å². The highest BCUT2D eigenvalue weighted by molar-refractivity contribution is 9.10. The second kappa shape index (κ2) is 4.07. The molecule has 0 fully saturated rings. The molecule has 0 aromatic carbocycles. The maximum atomic E-state index is 12.0. The molecule has 0 aliphatic heterocycles. The third-order valence-electron chi connectivity index (χ3n) is 2.86. The molecule has 0 amide bonds. The highest BCUT2D eigenvalue weighted by atomic mass is 79.9. The van der Waals surface area contributed by atoms with Crippen molar-refractivity contribution in [2.24, 2.45) is 0 Å². The van der Waals surface area contributed by atoms with Gasteiger partial charge in [-0.15, -0.1) is 11.3 Å². The zero-order valence-corrected chi connectivity index (χ0v) is 12.1. The normalized spacial score (nSPS) is 11.3. The molecule has 3 aromatic heterocycles. The van der Waals surface area contributed by atoms with Crippen LogP contribution in [0.1, 0.15) is 5.69 Å². The van der Waals surface area contributed by atoms with E-state index in [9.17, 15) is 4.79 Å². The molecule has 0 saturated heterocycles. The number of nitrogens with one attached hydrogen (secondary N) is 1. The number of aromatic nitrogens is 2. The molecule has 3 aromatic rings. The third kappa shape index (κ3) is 1.49. The molecule has 4 nitrogen and oxygen atoms in total. The maximum Gasteiger partial charge on any atom is 0.266 e. The average Bonchev–Trinajstić information content (AvgIpc) is 2.83. The van der Waals surface area contributed by atoms with Crippen molar-refractivity contribution < 1.29 is 4.74 Å². The van der Waals surface area contributed by atoms with E-state index in [2.05, 4.69) is 25.9 Å². The van der Waals surface area contributed by atoms with Gasteiger partial charge in [-0.3, -0.25) is 4.79 Å². The Labute approximate surface area is 115 Å².